The molecule has 5 nitrogen and oxygen atoms in total. The summed E-state index contributed by atoms with van der Waals surface area (Å²) in [6, 6.07) is 15.9. The number of nitrogens with one attached hydrogen (secondary N) is 1. The number of rotatable bonds is 4. The van der Waals surface area contributed by atoms with Gasteiger partial charge in [0.05, 0.1) is 4.92 Å². The summed E-state index contributed by atoms with van der Waals surface area (Å²) < 4.78 is 0. The zero-order valence-corrected chi connectivity index (χ0v) is 14.8. The van der Waals surface area contributed by atoms with Crippen LogP contribution in [-0.2, 0) is 0 Å². The lowest BCUT2D eigenvalue weighted by atomic mass is 9.91. The van der Waals surface area contributed by atoms with Gasteiger partial charge >= 0.3 is 0 Å². The molecular formula is C20H18N2O3S. The fourth-order valence-electron chi connectivity index (χ4n) is 2.87. The molecule has 6 heteroatoms. The summed E-state index contributed by atoms with van der Waals surface area (Å²) in [4.78, 5) is 10.7. The molecule has 1 aliphatic carbocycles. The lowest BCUT2D eigenvalue weighted by Gasteiger charge is -2.20. The second-order valence-electron chi connectivity index (χ2n) is 6.02. The average molecular weight is 366 g/mol. The third-order valence-corrected chi connectivity index (χ3v) is 4.56. The molecule has 0 heterocycles. The Morgan fingerprint density at radius 1 is 1.12 bits per heavy atom. The van der Waals surface area contributed by atoms with Crippen LogP contribution < -0.4 is 5.32 Å². The summed E-state index contributed by atoms with van der Waals surface area (Å²) in [6.45, 7) is 0. The Bertz CT molecular complexity index is 887. The van der Waals surface area contributed by atoms with Crippen molar-refractivity contribution >= 4 is 34.7 Å². The zero-order chi connectivity index (χ0) is 18.5. The SMILES string of the molecule is O=[N+]([O-])c1ccc(NC(=S)C2=C(O)C(=Cc3ccccc3)CCC2)cc1. The highest BCUT2D eigenvalue weighted by Crippen LogP contribution is 2.31. The number of non-ortho nitro benzene ring substituents is 1. The summed E-state index contributed by atoms with van der Waals surface area (Å²) in [5.74, 6) is 0.222. The van der Waals surface area contributed by atoms with Crippen molar-refractivity contribution in [3.05, 3.63) is 87.2 Å². The molecule has 26 heavy (non-hydrogen) atoms. The molecule has 0 aromatic heterocycles. The number of allylic oxidation sites excluding steroid dienone is 1. The van der Waals surface area contributed by atoms with Gasteiger partial charge in [-0.15, -0.1) is 0 Å². The van der Waals surface area contributed by atoms with E-state index in [9.17, 15) is 15.2 Å². The Balaban J connectivity index is 1.80. The monoisotopic (exact) mass is 366 g/mol. The molecule has 0 saturated carbocycles. The summed E-state index contributed by atoms with van der Waals surface area (Å²) in [6.07, 6.45) is 4.37. The van der Waals surface area contributed by atoms with Crippen LogP contribution in [-0.4, -0.2) is 15.0 Å². The zero-order valence-electron chi connectivity index (χ0n) is 14.0. The van der Waals surface area contributed by atoms with Gasteiger partial charge in [-0.25, -0.2) is 0 Å². The van der Waals surface area contributed by atoms with Crippen LogP contribution in [0.25, 0.3) is 6.08 Å². The van der Waals surface area contributed by atoms with Gasteiger partial charge in [0, 0.05) is 23.4 Å². The van der Waals surface area contributed by atoms with E-state index >= 15 is 0 Å². The van der Waals surface area contributed by atoms with Crippen LogP contribution in [0, 0.1) is 10.1 Å². The second-order valence-corrected chi connectivity index (χ2v) is 6.43. The van der Waals surface area contributed by atoms with E-state index in [4.69, 9.17) is 12.2 Å². The molecule has 1 aliphatic rings. The molecule has 3 rings (SSSR count). The molecule has 0 saturated heterocycles. The van der Waals surface area contributed by atoms with Crippen molar-refractivity contribution in [2.45, 2.75) is 19.3 Å². The minimum absolute atomic E-state index is 0.0225. The first-order valence-electron chi connectivity index (χ1n) is 8.28. The summed E-state index contributed by atoms with van der Waals surface area (Å²) in [7, 11) is 0. The van der Waals surface area contributed by atoms with Gasteiger partial charge in [0.25, 0.3) is 5.69 Å². The van der Waals surface area contributed by atoms with Crippen LogP contribution in [0.2, 0.25) is 0 Å². The maximum absolute atomic E-state index is 10.7. The van der Waals surface area contributed by atoms with Crippen molar-refractivity contribution in [1.29, 1.82) is 0 Å². The third-order valence-electron chi connectivity index (χ3n) is 4.21. The van der Waals surface area contributed by atoms with E-state index in [1.54, 1.807) is 12.1 Å². The van der Waals surface area contributed by atoms with E-state index in [2.05, 4.69) is 5.32 Å². The van der Waals surface area contributed by atoms with Gasteiger partial charge in [0.15, 0.2) is 0 Å². The highest BCUT2D eigenvalue weighted by Gasteiger charge is 2.20. The van der Waals surface area contributed by atoms with Gasteiger partial charge in [-0.1, -0.05) is 42.5 Å². The van der Waals surface area contributed by atoms with E-state index in [1.165, 1.54) is 12.1 Å². The van der Waals surface area contributed by atoms with Gasteiger partial charge in [0.1, 0.15) is 10.7 Å². The number of nitro groups is 1. The van der Waals surface area contributed by atoms with E-state index < -0.39 is 4.92 Å². The van der Waals surface area contributed by atoms with Gasteiger partial charge in [-0.2, -0.15) is 0 Å². The molecule has 0 bridgehead atoms. The first kappa shape index (κ1) is 17.8. The van der Waals surface area contributed by atoms with Crippen molar-refractivity contribution in [3.63, 3.8) is 0 Å². The molecule has 0 fully saturated rings. The van der Waals surface area contributed by atoms with Crippen molar-refractivity contribution in [3.8, 4) is 0 Å². The smallest absolute Gasteiger partial charge is 0.269 e. The minimum Gasteiger partial charge on any atom is -0.507 e. The maximum atomic E-state index is 10.7. The van der Waals surface area contributed by atoms with Crippen LogP contribution >= 0.6 is 12.2 Å². The number of aliphatic hydroxyl groups is 1. The lowest BCUT2D eigenvalue weighted by Crippen LogP contribution is -2.17. The predicted octanol–water partition coefficient (Wildman–Crippen LogP) is 5.41. The normalized spacial score (nSPS) is 15.8. The molecule has 0 unspecified atom stereocenters. The number of hydrogen-bond acceptors (Lipinski definition) is 4. The highest BCUT2D eigenvalue weighted by molar-refractivity contribution is 7.81. The third kappa shape index (κ3) is 4.15. The van der Waals surface area contributed by atoms with E-state index in [1.807, 2.05) is 36.4 Å². The molecule has 0 atom stereocenters. The number of benzene rings is 2. The number of hydrogen-bond donors (Lipinski definition) is 2. The summed E-state index contributed by atoms with van der Waals surface area (Å²) >= 11 is 5.44. The van der Waals surface area contributed by atoms with Crippen LogP contribution in [0.15, 0.2) is 71.5 Å². The van der Waals surface area contributed by atoms with Crippen LogP contribution in [0.3, 0.4) is 0 Å². The second kappa shape index (κ2) is 7.93. The molecule has 0 radical (unpaired) electrons. The van der Waals surface area contributed by atoms with Gasteiger partial charge < -0.3 is 10.4 Å². The predicted molar refractivity (Wildman–Crippen MR) is 107 cm³/mol. The van der Waals surface area contributed by atoms with Crippen LogP contribution in [0.4, 0.5) is 11.4 Å². The quantitative estimate of drug-likeness (QED) is 0.430. The molecule has 2 aromatic carbocycles. The Kier molecular flexibility index (Phi) is 5.43. The van der Waals surface area contributed by atoms with E-state index in [0.29, 0.717) is 22.7 Å². The Morgan fingerprint density at radius 2 is 1.81 bits per heavy atom. The highest BCUT2D eigenvalue weighted by atomic mass is 32.1. The first-order chi connectivity index (χ1) is 12.5. The minimum atomic E-state index is -0.446. The number of nitrogens with zero attached hydrogens (tertiary/aromatic N) is 1. The van der Waals surface area contributed by atoms with Crippen molar-refractivity contribution in [1.82, 2.24) is 0 Å². The lowest BCUT2D eigenvalue weighted by molar-refractivity contribution is -0.384. The van der Waals surface area contributed by atoms with E-state index in [-0.39, 0.29) is 11.4 Å². The van der Waals surface area contributed by atoms with Crippen molar-refractivity contribution in [2.75, 3.05) is 5.32 Å². The topological polar surface area (TPSA) is 75.4 Å². The molecule has 0 amide bonds. The number of nitro benzene ring substituents is 1. The van der Waals surface area contributed by atoms with Gasteiger partial charge in [0.2, 0.25) is 0 Å². The van der Waals surface area contributed by atoms with Crippen molar-refractivity contribution in [2.24, 2.45) is 0 Å². The fraction of sp³-hybridized carbons (Fsp3) is 0.150. The van der Waals surface area contributed by atoms with Gasteiger partial charge in [-0.05, 0) is 48.6 Å². The Hall–Kier alpha value is -2.99. The van der Waals surface area contributed by atoms with E-state index in [0.717, 1.165) is 24.0 Å². The molecule has 2 N–H and O–H groups in total. The summed E-state index contributed by atoms with van der Waals surface area (Å²) in [5, 5.41) is 24.4. The molecule has 0 spiro atoms. The molecule has 2 aromatic rings. The first-order valence-corrected chi connectivity index (χ1v) is 8.69. The molecular weight excluding hydrogens is 348 g/mol. The largest absolute Gasteiger partial charge is 0.507 e. The van der Waals surface area contributed by atoms with Crippen molar-refractivity contribution < 1.29 is 10.0 Å². The Morgan fingerprint density at radius 3 is 2.46 bits per heavy atom. The maximum Gasteiger partial charge on any atom is 0.269 e. The number of thiocarbonyl (C=S) groups is 1. The number of aliphatic hydroxyl groups excluding tert-OH is 1. The van der Waals surface area contributed by atoms with Gasteiger partial charge in [-0.3, -0.25) is 10.1 Å². The number of anilines is 1. The summed E-state index contributed by atoms with van der Waals surface area (Å²) in [5.41, 5.74) is 3.27. The molecule has 132 valence electrons. The average Bonchev–Trinajstić information content (AvgIpc) is 2.64. The Labute approximate surface area is 156 Å². The van der Waals surface area contributed by atoms with Crippen LogP contribution in [0.1, 0.15) is 24.8 Å². The fourth-order valence-corrected chi connectivity index (χ4v) is 3.19. The van der Waals surface area contributed by atoms with Crippen LogP contribution in [0.5, 0.6) is 0 Å². The molecule has 0 aliphatic heterocycles. The standard InChI is InChI=1S/C20H18N2O3S/c23-19-15(13-14-5-2-1-3-6-14)7-4-8-18(19)20(26)21-16-9-11-17(12-10-16)22(24)25/h1-3,5-6,9-13,23H,4,7-8H2,(H,21,26).